The van der Waals surface area contributed by atoms with Crippen LogP contribution < -0.4 is 10.6 Å². The predicted octanol–water partition coefficient (Wildman–Crippen LogP) is 1.93. The van der Waals surface area contributed by atoms with E-state index < -0.39 is 30.1 Å². The summed E-state index contributed by atoms with van der Waals surface area (Å²) in [5, 5.41) is 14.4. The lowest BCUT2D eigenvalue weighted by atomic mass is 10.0. The standard InChI is InChI=1S/C24H28N2O6S/c1-33(2)16-19(27)14-21(23(29)30)25-22(28)20(13-17-9-5-3-6-10-17)26-24(31)32-15-18-11-7-4-8-12-18/h3-12,20-21H,13-16H2,1-2H3,(H2-,25,26,28,29,30,31)/p+1. The second-order valence-corrected chi connectivity index (χ2v) is 9.98. The molecule has 176 valence electrons. The number of aliphatic carboxylic acids is 1. The van der Waals surface area contributed by atoms with E-state index in [1.165, 1.54) is 0 Å². The van der Waals surface area contributed by atoms with Gasteiger partial charge in [0, 0.05) is 12.8 Å². The van der Waals surface area contributed by atoms with Crippen LogP contribution in [0.5, 0.6) is 0 Å². The number of ketones is 1. The molecule has 0 heterocycles. The molecule has 2 aromatic rings. The van der Waals surface area contributed by atoms with Crippen molar-refractivity contribution in [2.24, 2.45) is 0 Å². The number of amides is 2. The number of nitrogens with one attached hydrogen (secondary N) is 2. The highest BCUT2D eigenvalue weighted by molar-refractivity contribution is 7.96. The number of ether oxygens (including phenoxy) is 1. The summed E-state index contributed by atoms with van der Waals surface area (Å²) in [6.45, 7) is 0.0224. The minimum atomic E-state index is -1.38. The average molecular weight is 474 g/mol. The minimum Gasteiger partial charge on any atom is -0.480 e. The van der Waals surface area contributed by atoms with Crippen molar-refractivity contribution >= 4 is 34.6 Å². The molecule has 3 N–H and O–H groups in total. The first kappa shape index (κ1) is 25.9. The highest BCUT2D eigenvalue weighted by atomic mass is 32.2. The maximum absolute atomic E-state index is 12.9. The van der Waals surface area contributed by atoms with Gasteiger partial charge in [0.1, 0.15) is 18.7 Å². The van der Waals surface area contributed by atoms with Crippen LogP contribution in [0.15, 0.2) is 60.7 Å². The van der Waals surface area contributed by atoms with Gasteiger partial charge in [-0.05, 0) is 22.0 Å². The van der Waals surface area contributed by atoms with Crippen LogP contribution in [0.2, 0.25) is 0 Å². The number of rotatable bonds is 12. The van der Waals surface area contributed by atoms with Crippen LogP contribution in [0.1, 0.15) is 17.5 Å². The Bertz CT molecular complexity index is 936. The smallest absolute Gasteiger partial charge is 0.408 e. The number of hydrogen-bond acceptors (Lipinski definition) is 5. The van der Waals surface area contributed by atoms with Gasteiger partial charge in [0.15, 0.2) is 11.5 Å². The zero-order chi connectivity index (χ0) is 24.2. The number of alkyl carbamates (subject to hydrolysis) is 1. The molecular formula is C24H29N2O6S+. The molecule has 0 saturated heterocycles. The molecule has 2 aromatic carbocycles. The van der Waals surface area contributed by atoms with Crippen LogP contribution >= 0.6 is 0 Å². The van der Waals surface area contributed by atoms with Crippen molar-refractivity contribution in [3.63, 3.8) is 0 Å². The van der Waals surface area contributed by atoms with Gasteiger partial charge >= 0.3 is 12.1 Å². The summed E-state index contributed by atoms with van der Waals surface area (Å²) in [6.07, 6.45) is 2.77. The summed E-state index contributed by atoms with van der Waals surface area (Å²) in [6, 6.07) is 15.6. The van der Waals surface area contributed by atoms with E-state index >= 15 is 0 Å². The number of carbonyl (C=O) groups excluding carboxylic acids is 3. The molecule has 2 amide bonds. The first-order valence-corrected chi connectivity index (χ1v) is 12.6. The highest BCUT2D eigenvalue weighted by Gasteiger charge is 2.29. The van der Waals surface area contributed by atoms with Crippen molar-refractivity contribution in [1.29, 1.82) is 0 Å². The van der Waals surface area contributed by atoms with E-state index in [4.69, 9.17) is 4.74 Å². The number of benzene rings is 2. The lowest BCUT2D eigenvalue weighted by molar-refractivity contribution is -0.143. The number of hydrogen-bond donors (Lipinski definition) is 3. The fourth-order valence-electron chi connectivity index (χ4n) is 3.05. The summed E-state index contributed by atoms with van der Waals surface area (Å²) in [5.41, 5.74) is 1.55. The van der Waals surface area contributed by atoms with Crippen molar-refractivity contribution < 1.29 is 29.0 Å². The monoisotopic (exact) mass is 473 g/mol. The van der Waals surface area contributed by atoms with Crippen molar-refractivity contribution in [1.82, 2.24) is 10.6 Å². The summed E-state index contributed by atoms with van der Waals surface area (Å²) in [7, 11) is -0.178. The molecule has 0 spiro atoms. The summed E-state index contributed by atoms with van der Waals surface area (Å²) >= 11 is 0. The van der Waals surface area contributed by atoms with Crippen LogP contribution in [0, 0.1) is 0 Å². The molecule has 0 radical (unpaired) electrons. The van der Waals surface area contributed by atoms with Gasteiger partial charge in [-0.3, -0.25) is 9.59 Å². The number of carboxylic acids is 1. The molecule has 0 aliphatic rings. The number of carboxylic acid groups (broad SMARTS) is 1. The van der Waals surface area contributed by atoms with Gasteiger partial charge in [-0.2, -0.15) is 0 Å². The maximum Gasteiger partial charge on any atom is 0.408 e. The van der Waals surface area contributed by atoms with Crippen LogP contribution in [0.25, 0.3) is 0 Å². The molecule has 0 aliphatic carbocycles. The Morgan fingerprint density at radius 1 is 0.879 bits per heavy atom. The Hall–Kier alpha value is -3.33. The largest absolute Gasteiger partial charge is 0.480 e. The minimum absolute atomic E-state index is 0.0224. The second kappa shape index (κ2) is 13.3. The van der Waals surface area contributed by atoms with E-state index in [0.29, 0.717) is 0 Å². The third-order valence-electron chi connectivity index (χ3n) is 4.60. The zero-order valence-electron chi connectivity index (χ0n) is 18.7. The Kier molecular flexibility index (Phi) is 10.4. The highest BCUT2D eigenvalue weighted by Crippen LogP contribution is 2.07. The second-order valence-electron chi connectivity index (χ2n) is 7.72. The third-order valence-corrected chi connectivity index (χ3v) is 5.50. The Labute approximate surface area is 196 Å². The van der Waals surface area contributed by atoms with Crippen molar-refractivity contribution in [2.75, 3.05) is 18.3 Å². The molecule has 0 saturated carbocycles. The van der Waals surface area contributed by atoms with Crippen molar-refractivity contribution in [2.45, 2.75) is 31.5 Å². The van der Waals surface area contributed by atoms with Crippen molar-refractivity contribution in [3.8, 4) is 0 Å². The predicted molar refractivity (Wildman–Crippen MR) is 127 cm³/mol. The topological polar surface area (TPSA) is 122 Å². The van der Waals surface area contributed by atoms with E-state index in [0.717, 1.165) is 11.1 Å². The van der Waals surface area contributed by atoms with E-state index in [9.17, 15) is 24.3 Å². The van der Waals surface area contributed by atoms with Gasteiger partial charge in [-0.15, -0.1) is 0 Å². The molecule has 0 bridgehead atoms. The lowest BCUT2D eigenvalue weighted by Gasteiger charge is -2.21. The molecule has 0 aromatic heterocycles. The SMILES string of the molecule is C[S+](C)CC(=O)CC(NC(=O)C(Cc1ccccc1)NC(=O)OCc1ccccc1)C(=O)O. The van der Waals surface area contributed by atoms with Gasteiger partial charge in [0.2, 0.25) is 5.91 Å². The lowest BCUT2D eigenvalue weighted by Crippen LogP contribution is -2.53. The number of carbonyl (C=O) groups is 4. The van der Waals surface area contributed by atoms with Crippen LogP contribution in [-0.4, -0.2) is 59.2 Å². The molecule has 0 fully saturated rings. The van der Waals surface area contributed by atoms with Crippen LogP contribution in [-0.2, 0) is 43.0 Å². The Morgan fingerprint density at radius 2 is 1.45 bits per heavy atom. The van der Waals surface area contributed by atoms with Crippen molar-refractivity contribution in [3.05, 3.63) is 71.8 Å². The fraction of sp³-hybridized carbons (Fsp3) is 0.333. The van der Waals surface area contributed by atoms with E-state index in [-0.39, 0.29) is 41.9 Å². The van der Waals surface area contributed by atoms with Crippen LogP contribution in [0.3, 0.4) is 0 Å². The first-order chi connectivity index (χ1) is 15.7. The van der Waals surface area contributed by atoms with Crippen LogP contribution in [0.4, 0.5) is 4.79 Å². The molecule has 2 rings (SSSR count). The van der Waals surface area contributed by atoms with Gasteiger partial charge < -0.3 is 20.5 Å². The number of Topliss-reactive ketones (excluding diaryl/α,β-unsaturated/α-hetero) is 1. The fourth-order valence-corrected chi connectivity index (χ4v) is 3.81. The molecule has 2 unspecified atom stereocenters. The summed E-state index contributed by atoms with van der Waals surface area (Å²) in [5.74, 6) is -2.01. The van der Waals surface area contributed by atoms with E-state index in [1.807, 2.05) is 36.8 Å². The Balaban J connectivity index is 2.07. The zero-order valence-corrected chi connectivity index (χ0v) is 19.5. The maximum atomic E-state index is 12.9. The van der Waals surface area contributed by atoms with Gasteiger partial charge in [-0.1, -0.05) is 60.7 Å². The molecule has 2 atom stereocenters. The normalized spacial score (nSPS) is 12.5. The van der Waals surface area contributed by atoms with Gasteiger partial charge in [0.25, 0.3) is 0 Å². The van der Waals surface area contributed by atoms with E-state index in [2.05, 4.69) is 10.6 Å². The molecule has 9 heteroatoms. The van der Waals surface area contributed by atoms with Gasteiger partial charge in [0.05, 0.1) is 12.5 Å². The van der Waals surface area contributed by atoms with Gasteiger partial charge in [-0.25, -0.2) is 9.59 Å². The molecule has 33 heavy (non-hydrogen) atoms. The third kappa shape index (κ3) is 9.78. The molecular weight excluding hydrogens is 444 g/mol. The molecule has 8 nitrogen and oxygen atoms in total. The molecule has 0 aliphatic heterocycles. The quantitative estimate of drug-likeness (QED) is 0.405. The average Bonchev–Trinajstić information content (AvgIpc) is 2.77. The summed E-state index contributed by atoms with van der Waals surface area (Å²) in [4.78, 5) is 49.0. The van der Waals surface area contributed by atoms with E-state index in [1.54, 1.807) is 36.4 Å². The Morgan fingerprint density at radius 3 is 2.00 bits per heavy atom. The summed E-state index contributed by atoms with van der Waals surface area (Å²) < 4.78 is 5.21. The first-order valence-electron chi connectivity index (χ1n) is 10.3.